The molecule has 0 unspecified atom stereocenters. The first kappa shape index (κ1) is 6.71. The van der Waals surface area contributed by atoms with Crippen LogP contribution in [0.15, 0.2) is 0 Å². The van der Waals surface area contributed by atoms with E-state index in [-0.39, 0.29) is 5.92 Å². The lowest BCUT2D eigenvalue weighted by Crippen LogP contribution is -2.28. The van der Waals surface area contributed by atoms with Crippen molar-refractivity contribution in [1.82, 2.24) is 0 Å². The van der Waals surface area contributed by atoms with Crippen LogP contribution in [0.5, 0.6) is 0 Å². The summed E-state index contributed by atoms with van der Waals surface area (Å²) in [5.74, 6) is -0.281. The Morgan fingerprint density at radius 2 is 1.88 bits per heavy atom. The maximum Gasteiger partial charge on any atom is 0.241 e. The van der Waals surface area contributed by atoms with Crippen molar-refractivity contribution in [2.75, 3.05) is 0 Å². The van der Waals surface area contributed by atoms with Gasteiger partial charge in [-0.15, -0.1) is 0 Å². The highest BCUT2D eigenvalue weighted by molar-refractivity contribution is 14.1. The molecule has 0 radical (unpaired) electrons. The SMILES string of the molecule is FC(F)C1CC(I)C1. The monoisotopic (exact) mass is 232 g/mol. The summed E-state index contributed by atoms with van der Waals surface area (Å²) in [6.07, 6.45) is -0.628. The minimum absolute atomic E-state index is 0.281. The number of hydrogen-bond donors (Lipinski definition) is 0. The summed E-state index contributed by atoms with van der Waals surface area (Å²) in [6, 6.07) is 0. The minimum Gasteiger partial charge on any atom is -0.210 e. The Kier molecular flexibility index (Phi) is 2.06. The lowest BCUT2D eigenvalue weighted by atomic mass is 9.86. The predicted octanol–water partition coefficient (Wildman–Crippen LogP) is 2.47. The van der Waals surface area contributed by atoms with Crippen LogP contribution in [0.1, 0.15) is 12.8 Å². The Morgan fingerprint density at radius 3 is 2.00 bits per heavy atom. The smallest absolute Gasteiger partial charge is 0.210 e. The van der Waals surface area contributed by atoms with Gasteiger partial charge in [0, 0.05) is 9.84 Å². The standard InChI is InChI=1S/C5H7F2I/c6-5(7)3-1-4(8)2-3/h3-5H,1-2H2. The Morgan fingerprint density at radius 1 is 1.38 bits per heavy atom. The molecule has 0 aromatic carbocycles. The highest BCUT2D eigenvalue weighted by Crippen LogP contribution is 2.37. The minimum atomic E-state index is -2.07. The molecule has 1 saturated carbocycles. The van der Waals surface area contributed by atoms with Crippen LogP contribution in [0.2, 0.25) is 0 Å². The van der Waals surface area contributed by atoms with Gasteiger partial charge >= 0.3 is 0 Å². The lowest BCUT2D eigenvalue weighted by molar-refractivity contribution is 0.0402. The molecule has 0 N–H and O–H groups in total. The first-order chi connectivity index (χ1) is 3.70. The van der Waals surface area contributed by atoms with Gasteiger partial charge in [0.05, 0.1) is 0 Å². The zero-order chi connectivity index (χ0) is 6.15. The molecule has 0 aliphatic heterocycles. The molecule has 0 atom stereocenters. The average molecular weight is 232 g/mol. The third kappa shape index (κ3) is 1.30. The van der Waals surface area contributed by atoms with Crippen molar-refractivity contribution < 1.29 is 8.78 Å². The second-order valence-electron chi connectivity index (χ2n) is 2.16. The van der Waals surface area contributed by atoms with Crippen LogP contribution >= 0.6 is 22.6 Å². The average Bonchev–Trinajstić information content (AvgIpc) is 1.57. The molecule has 1 aliphatic carbocycles. The van der Waals surface area contributed by atoms with Gasteiger partial charge in [0.15, 0.2) is 0 Å². The molecule has 0 aromatic heterocycles. The zero-order valence-corrected chi connectivity index (χ0v) is 6.44. The van der Waals surface area contributed by atoms with Crippen LogP contribution < -0.4 is 0 Å². The first-order valence-corrected chi connectivity index (χ1v) is 3.87. The van der Waals surface area contributed by atoms with Gasteiger partial charge < -0.3 is 0 Å². The molecule has 1 aliphatic rings. The van der Waals surface area contributed by atoms with Crippen molar-refractivity contribution in [3.63, 3.8) is 0 Å². The molecule has 0 bridgehead atoms. The van der Waals surface area contributed by atoms with Gasteiger partial charge in [-0.3, -0.25) is 0 Å². The van der Waals surface area contributed by atoms with Crippen molar-refractivity contribution in [2.24, 2.45) is 5.92 Å². The fraction of sp³-hybridized carbons (Fsp3) is 1.00. The molecule has 0 amide bonds. The molecule has 48 valence electrons. The van der Waals surface area contributed by atoms with Crippen molar-refractivity contribution in [3.05, 3.63) is 0 Å². The summed E-state index contributed by atoms with van der Waals surface area (Å²) in [4.78, 5) is 0. The molecule has 8 heavy (non-hydrogen) atoms. The van der Waals surface area contributed by atoms with Crippen LogP contribution in [0.25, 0.3) is 0 Å². The molecule has 0 spiro atoms. The lowest BCUT2D eigenvalue weighted by Gasteiger charge is -2.30. The van der Waals surface area contributed by atoms with E-state index >= 15 is 0 Å². The van der Waals surface area contributed by atoms with Crippen LogP contribution in [0, 0.1) is 5.92 Å². The molecule has 0 aromatic rings. The number of alkyl halides is 3. The number of halogens is 3. The van der Waals surface area contributed by atoms with Crippen LogP contribution in [0.3, 0.4) is 0 Å². The summed E-state index contributed by atoms with van der Waals surface area (Å²) in [7, 11) is 0. The third-order valence-corrected chi connectivity index (χ3v) is 2.49. The topological polar surface area (TPSA) is 0 Å². The van der Waals surface area contributed by atoms with E-state index < -0.39 is 6.43 Å². The van der Waals surface area contributed by atoms with Crippen LogP contribution in [0.4, 0.5) is 8.78 Å². The van der Waals surface area contributed by atoms with Crippen LogP contribution in [-0.4, -0.2) is 10.4 Å². The first-order valence-electron chi connectivity index (χ1n) is 2.62. The van der Waals surface area contributed by atoms with E-state index in [1.165, 1.54) is 0 Å². The fourth-order valence-corrected chi connectivity index (χ4v) is 2.10. The van der Waals surface area contributed by atoms with Gasteiger partial charge in [0.1, 0.15) is 0 Å². The normalized spacial score (nSPS) is 37.5. The molecule has 0 saturated heterocycles. The number of rotatable bonds is 1. The summed E-state index contributed by atoms with van der Waals surface area (Å²) in [5, 5.41) is 0. The largest absolute Gasteiger partial charge is 0.241 e. The predicted molar refractivity (Wildman–Crippen MR) is 36.5 cm³/mol. The van der Waals surface area contributed by atoms with E-state index in [1.54, 1.807) is 0 Å². The van der Waals surface area contributed by atoms with Gasteiger partial charge in [0.2, 0.25) is 6.43 Å². The maximum absolute atomic E-state index is 11.6. The fourth-order valence-electron chi connectivity index (χ4n) is 0.794. The molecule has 0 nitrogen and oxygen atoms in total. The third-order valence-electron chi connectivity index (χ3n) is 1.47. The van der Waals surface area contributed by atoms with E-state index in [9.17, 15) is 8.78 Å². The Labute approximate surface area is 60.8 Å². The Hall–Kier alpha value is 0.590. The van der Waals surface area contributed by atoms with E-state index in [1.807, 2.05) is 0 Å². The highest BCUT2D eigenvalue weighted by Gasteiger charge is 2.33. The molecule has 0 heterocycles. The maximum atomic E-state index is 11.6. The second-order valence-corrected chi connectivity index (χ2v) is 3.92. The molecule has 3 heteroatoms. The Balaban J connectivity index is 2.15. The summed E-state index contributed by atoms with van der Waals surface area (Å²) in [5.41, 5.74) is 0. The highest BCUT2D eigenvalue weighted by atomic mass is 127. The molecular formula is C5H7F2I. The summed E-state index contributed by atoms with van der Waals surface area (Å²) in [6.45, 7) is 0. The van der Waals surface area contributed by atoms with Gasteiger partial charge in [-0.1, -0.05) is 22.6 Å². The second kappa shape index (κ2) is 2.45. The molecule has 1 rings (SSSR count). The van der Waals surface area contributed by atoms with Crippen molar-refractivity contribution in [2.45, 2.75) is 23.2 Å². The van der Waals surface area contributed by atoms with E-state index in [0.29, 0.717) is 3.92 Å². The van der Waals surface area contributed by atoms with E-state index in [2.05, 4.69) is 22.6 Å². The van der Waals surface area contributed by atoms with Crippen molar-refractivity contribution in [1.29, 1.82) is 0 Å². The van der Waals surface area contributed by atoms with Gasteiger partial charge in [-0.25, -0.2) is 8.78 Å². The zero-order valence-electron chi connectivity index (χ0n) is 4.28. The van der Waals surface area contributed by atoms with Crippen molar-refractivity contribution >= 4 is 22.6 Å². The molecule has 1 fully saturated rings. The van der Waals surface area contributed by atoms with Gasteiger partial charge in [-0.05, 0) is 12.8 Å². The summed E-state index contributed by atoms with van der Waals surface area (Å²) < 4.78 is 23.8. The quantitative estimate of drug-likeness (QED) is 0.481. The summed E-state index contributed by atoms with van der Waals surface area (Å²) >= 11 is 2.21. The Bertz CT molecular complexity index is 78.5. The van der Waals surface area contributed by atoms with E-state index in [4.69, 9.17) is 0 Å². The van der Waals surface area contributed by atoms with E-state index in [0.717, 1.165) is 12.8 Å². The van der Waals surface area contributed by atoms with Gasteiger partial charge in [-0.2, -0.15) is 0 Å². The van der Waals surface area contributed by atoms with Gasteiger partial charge in [0.25, 0.3) is 0 Å². The molecular weight excluding hydrogens is 225 g/mol. The van der Waals surface area contributed by atoms with Crippen LogP contribution in [-0.2, 0) is 0 Å². The number of hydrogen-bond acceptors (Lipinski definition) is 0. The van der Waals surface area contributed by atoms with Crippen molar-refractivity contribution in [3.8, 4) is 0 Å².